The number of fused-ring (bicyclic) bond motifs is 2. The molecule has 2 heterocycles. The lowest BCUT2D eigenvalue weighted by molar-refractivity contribution is 0.283. The van der Waals surface area contributed by atoms with Crippen molar-refractivity contribution in [1.29, 1.82) is 0 Å². The topological polar surface area (TPSA) is 6.48 Å². The Morgan fingerprint density at radius 1 is 0.767 bits per heavy atom. The summed E-state index contributed by atoms with van der Waals surface area (Å²) in [7, 11) is 0. The molecule has 5 rings (SSSR count). The Balaban J connectivity index is 1.65. The van der Waals surface area contributed by atoms with Crippen LogP contribution >= 0.6 is 0 Å². The molecule has 2 heteroatoms. The maximum Gasteiger partial charge on any atom is 0.0452 e. The van der Waals surface area contributed by atoms with Crippen molar-refractivity contribution < 1.29 is 0 Å². The van der Waals surface area contributed by atoms with E-state index in [1.807, 2.05) is 6.08 Å². The minimum atomic E-state index is 0.996. The van der Waals surface area contributed by atoms with Gasteiger partial charge >= 0.3 is 0 Å². The number of benzene rings is 2. The minimum Gasteiger partial charge on any atom is -0.371 e. The van der Waals surface area contributed by atoms with Gasteiger partial charge in [-0.15, -0.1) is 6.58 Å². The Labute approximate surface area is 181 Å². The van der Waals surface area contributed by atoms with Gasteiger partial charge in [-0.05, 0) is 60.4 Å². The Morgan fingerprint density at radius 3 is 2.17 bits per heavy atom. The van der Waals surface area contributed by atoms with E-state index in [2.05, 4.69) is 71.0 Å². The highest BCUT2D eigenvalue weighted by Gasteiger charge is 2.26. The van der Waals surface area contributed by atoms with E-state index < -0.39 is 0 Å². The van der Waals surface area contributed by atoms with Crippen molar-refractivity contribution in [1.82, 2.24) is 9.80 Å². The largest absolute Gasteiger partial charge is 0.371 e. The van der Waals surface area contributed by atoms with E-state index in [9.17, 15) is 0 Å². The smallest absolute Gasteiger partial charge is 0.0452 e. The van der Waals surface area contributed by atoms with Gasteiger partial charge in [-0.2, -0.15) is 0 Å². The molecule has 2 nitrogen and oxygen atoms in total. The number of hydrogen-bond donors (Lipinski definition) is 0. The summed E-state index contributed by atoms with van der Waals surface area (Å²) in [5.74, 6) is 0. The zero-order chi connectivity index (χ0) is 20.3. The standard InChI is InChI=1S/C28H32N2/c1-2-16-29-19-14-22(15-20-29)28-24-11-5-4-10-23(24)21-27(30-17-8-3-9-18-30)25-12-6-7-13-26(25)28/h2,4-7,10-13,21H,1,3,8-9,14-20H2. The lowest BCUT2D eigenvalue weighted by atomic mass is 9.86. The Kier molecular flexibility index (Phi) is 5.59. The molecule has 0 unspecified atom stereocenters. The number of rotatable bonds is 3. The van der Waals surface area contributed by atoms with Crippen LogP contribution in [0.25, 0.3) is 17.3 Å². The summed E-state index contributed by atoms with van der Waals surface area (Å²) >= 11 is 0. The van der Waals surface area contributed by atoms with Crippen molar-refractivity contribution >= 4 is 17.3 Å². The Morgan fingerprint density at radius 2 is 1.43 bits per heavy atom. The fraction of sp³-hybridized carbons (Fsp3) is 0.357. The van der Waals surface area contributed by atoms with E-state index in [0.717, 1.165) is 32.5 Å². The van der Waals surface area contributed by atoms with Gasteiger partial charge in [0.25, 0.3) is 0 Å². The van der Waals surface area contributed by atoms with E-state index in [1.54, 1.807) is 5.57 Å². The van der Waals surface area contributed by atoms with Gasteiger partial charge in [-0.1, -0.05) is 60.2 Å². The van der Waals surface area contributed by atoms with Crippen LogP contribution in [-0.2, 0) is 0 Å². The molecular formula is C28H32N2. The van der Waals surface area contributed by atoms with Crippen molar-refractivity contribution in [3.05, 3.63) is 89.0 Å². The molecular weight excluding hydrogens is 364 g/mol. The first-order valence-electron chi connectivity index (χ1n) is 11.6. The highest BCUT2D eigenvalue weighted by atomic mass is 15.1. The van der Waals surface area contributed by atoms with E-state index in [-0.39, 0.29) is 0 Å². The molecule has 2 aromatic rings. The molecule has 0 saturated carbocycles. The first-order chi connectivity index (χ1) is 14.8. The van der Waals surface area contributed by atoms with E-state index in [0.29, 0.717) is 0 Å². The van der Waals surface area contributed by atoms with Crippen LogP contribution in [0.4, 0.5) is 0 Å². The second-order valence-corrected chi connectivity index (χ2v) is 8.78. The lowest BCUT2D eigenvalue weighted by Crippen LogP contribution is -2.31. The van der Waals surface area contributed by atoms with Gasteiger partial charge < -0.3 is 4.90 Å². The molecule has 0 N–H and O–H groups in total. The molecule has 0 bridgehead atoms. The average molecular weight is 397 g/mol. The highest BCUT2D eigenvalue weighted by molar-refractivity contribution is 5.98. The normalized spacial score (nSPS) is 19.6. The zero-order valence-corrected chi connectivity index (χ0v) is 17.9. The molecule has 0 aromatic heterocycles. The third kappa shape index (κ3) is 3.65. The molecule has 154 valence electrons. The maximum absolute atomic E-state index is 3.92. The first-order valence-corrected chi connectivity index (χ1v) is 11.6. The van der Waals surface area contributed by atoms with Gasteiger partial charge in [0.1, 0.15) is 0 Å². The summed E-state index contributed by atoms with van der Waals surface area (Å²) in [5.41, 5.74) is 10.1. The predicted molar refractivity (Wildman–Crippen MR) is 128 cm³/mol. The van der Waals surface area contributed by atoms with E-state index in [1.165, 1.54) is 65.9 Å². The molecule has 2 aliphatic heterocycles. The predicted octanol–water partition coefficient (Wildman–Crippen LogP) is 6.07. The summed E-state index contributed by atoms with van der Waals surface area (Å²) in [6.07, 6.45) is 10.7. The van der Waals surface area contributed by atoms with Crippen LogP contribution < -0.4 is 0 Å². The van der Waals surface area contributed by atoms with Crippen molar-refractivity contribution in [3.8, 4) is 0 Å². The summed E-state index contributed by atoms with van der Waals surface area (Å²) in [6, 6.07) is 18.2. The number of nitrogens with zero attached hydrogens (tertiary/aromatic N) is 2. The summed E-state index contributed by atoms with van der Waals surface area (Å²) in [6.45, 7) is 9.52. The van der Waals surface area contributed by atoms with Gasteiger partial charge in [0.2, 0.25) is 0 Å². The van der Waals surface area contributed by atoms with Crippen molar-refractivity contribution in [2.75, 3.05) is 32.7 Å². The Hall–Kier alpha value is -2.58. The molecule has 0 spiro atoms. The Bertz CT molecular complexity index is 981. The third-order valence-electron chi connectivity index (χ3n) is 6.89. The van der Waals surface area contributed by atoms with Gasteiger partial charge in [-0.3, -0.25) is 4.90 Å². The number of hydrogen-bond acceptors (Lipinski definition) is 2. The van der Waals surface area contributed by atoms with E-state index >= 15 is 0 Å². The zero-order valence-electron chi connectivity index (χ0n) is 17.9. The highest BCUT2D eigenvalue weighted by Crippen LogP contribution is 2.42. The van der Waals surface area contributed by atoms with Gasteiger partial charge in [0.15, 0.2) is 0 Å². The summed E-state index contributed by atoms with van der Waals surface area (Å²) < 4.78 is 0. The van der Waals surface area contributed by atoms with Crippen LogP contribution in [-0.4, -0.2) is 42.5 Å². The molecule has 30 heavy (non-hydrogen) atoms. The van der Waals surface area contributed by atoms with Crippen LogP contribution in [0.3, 0.4) is 0 Å². The van der Waals surface area contributed by atoms with Crippen molar-refractivity contribution in [2.24, 2.45) is 0 Å². The van der Waals surface area contributed by atoms with Crippen LogP contribution in [0, 0.1) is 0 Å². The van der Waals surface area contributed by atoms with Gasteiger partial charge in [0.05, 0.1) is 0 Å². The molecule has 2 saturated heterocycles. The van der Waals surface area contributed by atoms with Gasteiger partial charge in [-0.25, -0.2) is 0 Å². The summed E-state index contributed by atoms with van der Waals surface area (Å²) in [5, 5.41) is 0. The second kappa shape index (κ2) is 8.65. The average Bonchev–Trinajstić information content (AvgIpc) is 2.95. The van der Waals surface area contributed by atoms with Crippen LogP contribution in [0.1, 0.15) is 54.4 Å². The number of piperidine rings is 2. The second-order valence-electron chi connectivity index (χ2n) is 8.78. The molecule has 3 aliphatic rings. The lowest BCUT2D eigenvalue weighted by Gasteiger charge is -2.32. The number of likely N-dealkylation sites (tertiary alicyclic amines) is 2. The van der Waals surface area contributed by atoms with Gasteiger partial charge in [0, 0.05) is 44.0 Å². The minimum absolute atomic E-state index is 0.996. The van der Waals surface area contributed by atoms with Crippen LogP contribution in [0.15, 0.2) is 66.8 Å². The quantitative estimate of drug-likeness (QED) is 0.581. The molecule has 0 radical (unpaired) electrons. The fourth-order valence-corrected chi connectivity index (χ4v) is 5.36. The van der Waals surface area contributed by atoms with Crippen LogP contribution in [0.5, 0.6) is 0 Å². The SMILES string of the molecule is C=CCN1CCC(=C2c3ccccc3C=C(N3CCCCC3)c3ccccc32)CC1. The molecule has 0 amide bonds. The fourth-order valence-electron chi connectivity index (χ4n) is 5.36. The molecule has 2 fully saturated rings. The monoisotopic (exact) mass is 396 g/mol. The van der Waals surface area contributed by atoms with E-state index in [4.69, 9.17) is 0 Å². The summed E-state index contributed by atoms with van der Waals surface area (Å²) in [4.78, 5) is 5.14. The first kappa shape index (κ1) is 19.4. The van der Waals surface area contributed by atoms with Crippen LogP contribution in [0.2, 0.25) is 0 Å². The maximum atomic E-state index is 3.92. The molecule has 2 aromatic carbocycles. The van der Waals surface area contributed by atoms with Crippen molar-refractivity contribution in [2.45, 2.75) is 32.1 Å². The molecule has 1 aliphatic carbocycles. The van der Waals surface area contributed by atoms with Crippen molar-refractivity contribution in [3.63, 3.8) is 0 Å². The molecule has 0 atom stereocenters. The third-order valence-corrected chi connectivity index (χ3v) is 6.89.